The molecule has 7 heteroatoms. The molecule has 0 fully saturated rings. The Kier molecular flexibility index (Phi) is 3.24. The summed E-state index contributed by atoms with van der Waals surface area (Å²) in [5.74, 6) is 0.285. The van der Waals surface area contributed by atoms with Crippen LogP contribution < -0.4 is 5.43 Å². The largest absolute Gasteiger partial charge is 0.451 e. The van der Waals surface area contributed by atoms with E-state index in [9.17, 15) is 9.18 Å². The van der Waals surface area contributed by atoms with Gasteiger partial charge in [-0.15, -0.1) is 0 Å². The van der Waals surface area contributed by atoms with Gasteiger partial charge in [-0.2, -0.15) is 4.98 Å². The Morgan fingerprint density at radius 1 is 1.15 bits per heavy atom. The van der Waals surface area contributed by atoms with Crippen molar-refractivity contribution in [3.8, 4) is 11.7 Å². The fourth-order valence-electron chi connectivity index (χ4n) is 3.22. The van der Waals surface area contributed by atoms with Gasteiger partial charge in [-0.05, 0) is 41.8 Å². The first kappa shape index (κ1) is 15.3. The van der Waals surface area contributed by atoms with E-state index in [4.69, 9.17) is 20.5 Å². The molecule has 0 amide bonds. The molecule has 0 bridgehead atoms. The maximum absolute atomic E-state index is 13.4. The summed E-state index contributed by atoms with van der Waals surface area (Å²) in [5, 5.41) is 4.85. The molecular weight excluding hydrogens is 359 g/mol. The quantitative estimate of drug-likeness (QED) is 0.527. The molecule has 5 rings (SSSR count). The first-order valence-corrected chi connectivity index (χ1v) is 8.32. The maximum Gasteiger partial charge on any atom is 0.293 e. The molecule has 0 spiro atoms. The number of hydrogen-bond acceptors (Lipinski definition) is 5. The van der Waals surface area contributed by atoms with Crippen LogP contribution in [0.3, 0.4) is 0 Å². The van der Waals surface area contributed by atoms with Crippen LogP contribution in [0, 0.1) is 5.82 Å². The predicted molar refractivity (Wildman–Crippen MR) is 92.7 cm³/mol. The molecule has 1 aliphatic rings. The molecule has 128 valence electrons. The summed E-state index contributed by atoms with van der Waals surface area (Å²) in [7, 11) is 0. The van der Waals surface area contributed by atoms with Crippen molar-refractivity contribution in [1.29, 1.82) is 0 Å². The SMILES string of the molecule is O=c1cc(-c2nc(C3Cc4ccc(F)cc43)no2)oc2cc(Cl)ccc12. The van der Waals surface area contributed by atoms with Crippen molar-refractivity contribution in [2.75, 3.05) is 0 Å². The first-order valence-electron chi connectivity index (χ1n) is 7.94. The summed E-state index contributed by atoms with van der Waals surface area (Å²) in [4.78, 5) is 16.6. The Morgan fingerprint density at radius 3 is 2.92 bits per heavy atom. The molecule has 0 saturated heterocycles. The second-order valence-corrected chi connectivity index (χ2v) is 6.61. The smallest absolute Gasteiger partial charge is 0.293 e. The van der Waals surface area contributed by atoms with Crippen LogP contribution in [0.1, 0.15) is 22.9 Å². The van der Waals surface area contributed by atoms with Crippen LogP contribution in [0.4, 0.5) is 4.39 Å². The Morgan fingerprint density at radius 2 is 2.04 bits per heavy atom. The number of benzene rings is 2. The third-order valence-electron chi connectivity index (χ3n) is 4.56. The number of nitrogens with zero attached hydrogens (tertiary/aromatic N) is 2. The molecule has 4 aromatic rings. The Labute approximate surface area is 151 Å². The van der Waals surface area contributed by atoms with E-state index in [2.05, 4.69) is 10.1 Å². The molecule has 5 nitrogen and oxygen atoms in total. The van der Waals surface area contributed by atoms with Crippen LogP contribution in [-0.4, -0.2) is 10.1 Å². The van der Waals surface area contributed by atoms with E-state index in [1.165, 1.54) is 18.2 Å². The molecule has 1 aliphatic carbocycles. The topological polar surface area (TPSA) is 69.1 Å². The van der Waals surface area contributed by atoms with E-state index in [0.717, 1.165) is 11.1 Å². The third-order valence-corrected chi connectivity index (χ3v) is 4.80. The highest BCUT2D eigenvalue weighted by Gasteiger charge is 2.32. The van der Waals surface area contributed by atoms with Gasteiger partial charge >= 0.3 is 0 Å². The third kappa shape index (κ3) is 2.34. The Hall–Kier alpha value is -2.99. The van der Waals surface area contributed by atoms with Crippen LogP contribution in [-0.2, 0) is 6.42 Å². The molecule has 0 saturated carbocycles. The average Bonchev–Trinajstić information content (AvgIpc) is 3.07. The highest BCUT2D eigenvalue weighted by molar-refractivity contribution is 6.31. The van der Waals surface area contributed by atoms with E-state index in [-0.39, 0.29) is 28.8 Å². The minimum atomic E-state index is -0.297. The molecule has 2 heterocycles. The summed E-state index contributed by atoms with van der Waals surface area (Å²) < 4.78 is 24.4. The van der Waals surface area contributed by atoms with Crippen molar-refractivity contribution in [2.24, 2.45) is 0 Å². The van der Waals surface area contributed by atoms with E-state index < -0.39 is 0 Å². The maximum atomic E-state index is 13.4. The van der Waals surface area contributed by atoms with Crippen molar-refractivity contribution in [2.45, 2.75) is 12.3 Å². The van der Waals surface area contributed by atoms with Crippen molar-refractivity contribution in [3.05, 3.63) is 80.5 Å². The lowest BCUT2D eigenvalue weighted by molar-refractivity contribution is 0.405. The molecule has 0 aliphatic heterocycles. The first-order chi connectivity index (χ1) is 12.6. The van der Waals surface area contributed by atoms with Crippen LogP contribution in [0.25, 0.3) is 22.6 Å². The number of fused-ring (bicyclic) bond motifs is 2. The molecule has 2 aromatic carbocycles. The van der Waals surface area contributed by atoms with Crippen LogP contribution in [0.15, 0.2) is 56.2 Å². The van der Waals surface area contributed by atoms with E-state index in [1.807, 2.05) is 0 Å². The summed E-state index contributed by atoms with van der Waals surface area (Å²) in [6.07, 6.45) is 0.714. The van der Waals surface area contributed by atoms with Gasteiger partial charge in [0.2, 0.25) is 0 Å². The summed E-state index contributed by atoms with van der Waals surface area (Å²) in [6.45, 7) is 0. The standard InChI is InChI=1S/C19H10ClFN2O3/c20-10-2-4-12-15(24)8-17(25-16(12)6-10)19-22-18(23-26-19)14-5-9-1-3-11(21)7-13(9)14/h1-4,6-8,14H,5H2. The zero-order valence-electron chi connectivity index (χ0n) is 13.2. The van der Waals surface area contributed by atoms with Crippen LogP contribution in [0.5, 0.6) is 0 Å². The van der Waals surface area contributed by atoms with E-state index >= 15 is 0 Å². The predicted octanol–water partition coefficient (Wildman–Crippen LogP) is 4.32. The number of aromatic nitrogens is 2. The number of rotatable bonds is 2. The molecular formula is C19H10ClFN2O3. The highest BCUT2D eigenvalue weighted by atomic mass is 35.5. The van der Waals surface area contributed by atoms with Gasteiger partial charge in [-0.25, -0.2) is 4.39 Å². The zero-order valence-corrected chi connectivity index (χ0v) is 14.0. The summed E-state index contributed by atoms with van der Waals surface area (Å²) in [5.41, 5.74) is 2.03. The molecule has 2 aromatic heterocycles. The van der Waals surface area contributed by atoms with Gasteiger partial charge in [0, 0.05) is 17.2 Å². The summed E-state index contributed by atoms with van der Waals surface area (Å²) >= 11 is 5.96. The second kappa shape index (κ2) is 5.51. The van der Waals surface area contributed by atoms with Crippen molar-refractivity contribution in [1.82, 2.24) is 10.1 Å². The number of halogens is 2. The van der Waals surface area contributed by atoms with Gasteiger partial charge in [-0.3, -0.25) is 4.79 Å². The van der Waals surface area contributed by atoms with Crippen LogP contribution >= 0.6 is 11.6 Å². The van der Waals surface area contributed by atoms with Gasteiger partial charge in [0.05, 0.1) is 11.3 Å². The minimum absolute atomic E-state index is 0.101. The average molecular weight is 369 g/mol. The van der Waals surface area contributed by atoms with Gasteiger partial charge < -0.3 is 8.94 Å². The molecule has 0 radical (unpaired) electrons. The fourth-order valence-corrected chi connectivity index (χ4v) is 3.38. The van der Waals surface area contributed by atoms with Gasteiger partial charge in [-0.1, -0.05) is 22.8 Å². The van der Waals surface area contributed by atoms with E-state index in [1.54, 1.807) is 24.3 Å². The normalized spacial score (nSPS) is 15.7. The monoisotopic (exact) mass is 368 g/mol. The lowest BCUT2D eigenvalue weighted by atomic mass is 9.77. The lowest BCUT2D eigenvalue weighted by Gasteiger charge is -2.27. The van der Waals surface area contributed by atoms with Crippen molar-refractivity contribution in [3.63, 3.8) is 0 Å². The molecule has 1 atom stereocenters. The van der Waals surface area contributed by atoms with Gasteiger partial charge in [0.25, 0.3) is 5.89 Å². The van der Waals surface area contributed by atoms with Gasteiger partial charge in [0.15, 0.2) is 17.0 Å². The van der Waals surface area contributed by atoms with E-state index in [0.29, 0.717) is 28.2 Å². The van der Waals surface area contributed by atoms with Crippen molar-refractivity contribution >= 4 is 22.6 Å². The molecule has 0 N–H and O–H groups in total. The number of hydrogen-bond donors (Lipinski definition) is 0. The highest BCUT2D eigenvalue weighted by Crippen LogP contribution is 2.39. The zero-order chi connectivity index (χ0) is 17.8. The molecule has 26 heavy (non-hydrogen) atoms. The van der Waals surface area contributed by atoms with Gasteiger partial charge in [0.1, 0.15) is 11.4 Å². The minimum Gasteiger partial charge on any atom is -0.451 e. The Balaban J connectivity index is 1.55. The summed E-state index contributed by atoms with van der Waals surface area (Å²) in [6, 6.07) is 10.8. The molecule has 1 unspecified atom stereocenters. The lowest BCUT2D eigenvalue weighted by Crippen LogP contribution is -2.19. The Bertz CT molecular complexity index is 1230. The van der Waals surface area contributed by atoms with Crippen molar-refractivity contribution < 1.29 is 13.3 Å². The second-order valence-electron chi connectivity index (χ2n) is 6.17. The fraction of sp³-hybridized carbons (Fsp3) is 0.105. The van der Waals surface area contributed by atoms with Crippen LogP contribution in [0.2, 0.25) is 5.02 Å².